The maximum absolute atomic E-state index is 6.28. The van der Waals surface area contributed by atoms with Crippen LogP contribution < -0.4 is 0 Å². The van der Waals surface area contributed by atoms with Gasteiger partial charge in [0.2, 0.25) is 0 Å². The van der Waals surface area contributed by atoms with E-state index in [0.717, 1.165) is 138 Å². The van der Waals surface area contributed by atoms with E-state index in [0.29, 0.717) is 0 Å². The molecular formula is C88H48N4O3S. The summed E-state index contributed by atoms with van der Waals surface area (Å²) in [5, 5.41) is 24.1. The molecule has 0 aliphatic heterocycles. The van der Waals surface area contributed by atoms with Gasteiger partial charge in [-0.2, -0.15) is 0 Å². The van der Waals surface area contributed by atoms with Crippen LogP contribution >= 0.6 is 11.3 Å². The summed E-state index contributed by atoms with van der Waals surface area (Å²) in [6.07, 6.45) is 0. The summed E-state index contributed by atoms with van der Waals surface area (Å²) < 4.78 is 21.4. The molecule has 0 aliphatic carbocycles. The molecular weight excluding hydrogens is 1190 g/mol. The van der Waals surface area contributed by atoms with Crippen molar-refractivity contribution in [1.82, 2.24) is 19.9 Å². The van der Waals surface area contributed by atoms with Gasteiger partial charge >= 0.3 is 0 Å². The zero-order chi connectivity index (χ0) is 62.7. The van der Waals surface area contributed by atoms with E-state index in [-0.39, 0.29) is 0 Å². The first-order valence-corrected chi connectivity index (χ1v) is 33.1. The molecule has 0 unspecified atom stereocenters. The van der Waals surface area contributed by atoms with Crippen molar-refractivity contribution in [2.24, 2.45) is 0 Å². The van der Waals surface area contributed by atoms with Crippen molar-refractivity contribution in [3.63, 3.8) is 0 Å². The van der Waals surface area contributed by atoms with E-state index in [1.165, 1.54) is 79.4 Å². The number of hydrogen-bond acceptors (Lipinski definition) is 8. The highest BCUT2D eigenvalue weighted by Crippen LogP contribution is 2.46. The monoisotopic (exact) mass is 1240 g/mol. The van der Waals surface area contributed by atoms with Gasteiger partial charge in [-0.15, -0.1) is 11.3 Å². The van der Waals surface area contributed by atoms with Crippen molar-refractivity contribution in [2.75, 3.05) is 0 Å². The van der Waals surface area contributed by atoms with Crippen molar-refractivity contribution in [2.45, 2.75) is 0 Å². The normalized spacial score (nSPS) is 12.2. The lowest BCUT2D eigenvalue weighted by Crippen LogP contribution is -1.95. The smallest absolute Gasteiger partial charge is 0.136 e. The molecule has 0 amide bonds. The molecule has 6 aromatic heterocycles. The van der Waals surface area contributed by atoms with E-state index in [4.69, 9.17) is 33.2 Å². The summed E-state index contributed by atoms with van der Waals surface area (Å²) in [4.78, 5) is 20.8. The van der Waals surface area contributed by atoms with E-state index in [9.17, 15) is 0 Å². The highest BCUT2D eigenvalue weighted by Gasteiger charge is 2.21. The third kappa shape index (κ3) is 8.06. The number of nitrogens with zero attached hydrogens (tertiary/aromatic N) is 4. The fourth-order valence-electron chi connectivity index (χ4n) is 15.2. The van der Waals surface area contributed by atoms with Gasteiger partial charge in [0, 0.05) is 74.7 Å². The molecule has 0 saturated carbocycles. The molecule has 16 aromatic carbocycles. The van der Waals surface area contributed by atoms with E-state index in [1.807, 2.05) is 102 Å². The Hall–Kier alpha value is -12.6. The fourth-order valence-corrected chi connectivity index (χ4v) is 16.4. The second kappa shape index (κ2) is 20.4. The van der Waals surface area contributed by atoms with Gasteiger partial charge < -0.3 is 13.3 Å². The van der Waals surface area contributed by atoms with Gasteiger partial charge in [0.05, 0.1) is 44.8 Å². The van der Waals surface area contributed by atoms with Gasteiger partial charge in [0.15, 0.2) is 0 Å². The number of hydrogen-bond donors (Lipinski definition) is 0. The molecule has 0 spiro atoms. The van der Waals surface area contributed by atoms with Crippen LogP contribution in [0, 0.1) is 0 Å². The van der Waals surface area contributed by atoms with Crippen LogP contribution in [-0.4, -0.2) is 19.9 Å². The summed E-state index contributed by atoms with van der Waals surface area (Å²) in [5.74, 6) is 0. The van der Waals surface area contributed by atoms with Gasteiger partial charge in [-0.05, 0) is 168 Å². The van der Waals surface area contributed by atoms with Gasteiger partial charge in [0.25, 0.3) is 0 Å². The van der Waals surface area contributed by atoms with Gasteiger partial charge in [-0.3, -0.25) is 0 Å². The molecule has 96 heavy (non-hydrogen) atoms. The molecule has 6 heterocycles. The zero-order valence-electron chi connectivity index (χ0n) is 51.1. The number of aromatic nitrogens is 4. The van der Waals surface area contributed by atoms with Crippen LogP contribution in [0.3, 0.4) is 0 Å². The lowest BCUT2D eigenvalue weighted by molar-refractivity contribution is 0.668. The number of thiophene rings is 1. The van der Waals surface area contributed by atoms with Crippen LogP contribution in [-0.2, 0) is 0 Å². The maximum Gasteiger partial charge on any atom is 0.136 e. The standard InChI is InChI=1S/C44H24N2O2.C44H24N2OS/c1-5-11-37-30(7-1)31-19-17-28(24-40(31)48-37)44-43(45-35-9-3-4-10-36(35)46-44)27-16-18-29-26(23-27)14-13-25-15-20-33-32(41(25)29)21-22-39-42(33)34-8-2-6-12-38(34)47-39;1-5-11-37-30(7-1)31-19-17-28(24-38(31)47-37)44-43(45-35-9-3-4-10-36(35)46-44)27-16-18-29-26(23-27)14-13-25-15-20-33-32(41(25)29)21-22-40-42(33)34-8-2-6-12-39(34)48-40/h2*1-24H. The fraction of sp³-hybridized carbons (Fsp3) is 0. The zero-order valence-corrected chi connectivity index (χ0v) is 52.0. The predicted molar refractivity (Wildman–Crippen MR) is 401 cm³/mol. The first-order chi connectivity index (χ1) is 47.5. The third-order valence-corrected chi connectivity index (χ3v) is 20.8. The minimum atomic E-state index is 0.830. The first-order valence-electron chi connectivity index (χ1n) is 32.3. The molecule has 0 aliphatic rings. The highest BCUT2D eigenvalue weighted by atomic mass is 32.1. The molecule has 0 radical (unpaired) electrons. The summed E-state index contributed by atoms with van der Waals surface area (Å²) in [5.41, 5.74) is 16.1. The molecule has 22 rings (SSSR count). The van der Waals surface area contributed by atoms with Crippen LogP contribution in [0.2, 0.25) is 0 Å². The Kier molecular flexibility index (Phi) is 11.3. The Morgan fingerprint density at radius 3 is 1.06 bits per heavy atom. The molecule has 0 bridgehead atoms. The SMILES string of the molecule is c1ccc2nc(-c3ccc4c(c3)oc3ccccc34)c(-c3ccc4c(ccc5ccc6c(ccc7oc8ccccc8c76)c54)c3)nc2c1.c1ccc2nc(-c3ccc4c(c3)oc3ccccc34)c(-c3ccc4c(ccc5ccc6c(ccc7sc8ccccc8c76)c54)c3)nc2c1. The number of para-hydroxylation sites is 7. The second-order valence-electron chi connectivity index (χ2n) is 25.0. The van der Waals surface area contributed by atoms with Crippen LogP contribution in [0.1, 0.15) is 0 Å². The summed E-state index contributed by atoms with van der Waals surface area (Å²) in [6, 6.07) is 103. The molecule has 0 N–H and O–H groups in total. The van der Waals surface area contributed by atoms with Crippen molar-refractivity contribution >= 4 is 184 Å². The van der Waals surface area contributed by atoms with E-state index in [2.05, 4.69) is 200 Å². The Bertz CT molecular complexity index is 6690. The Morgan fingerprint density at radius 1 is 0.198 bits per heavy atom. The molecule has 0 atom stereocenters. The molecule has 444 valence electrons. The number of furan rings is 3. The van der Waals surface area contributed by atoms with Crippen LogP contribution in [0.5, 0.6) is 0 Å². The minimum absolute atomic E-state index is 0.830. The molecule has 22 aromatic rings. The van der Waals surface area contributed by atoms with E-state index >= 15 is 0 Å². The summed E-state index contributed by atoms with van der Waals surface area (Å²) >= 11 is 1.87. The van der Waals surface area contributed by atoms with Gasteiger partial charge in [-0.25, -0.2) is 19.9 Å². The van der Waals surface area contributed by atoms with Crippen LogP contribution in [0.25, 0.3) is 218 Å². The van der Waals surface area contributed by atoms with Crippen molar-refractivity contribution in [3.05, 3.63) is 291 Å². The lowest BCUT2D eigenvalue weighted by atomic mass is 9.93. The number of fused-ring (bicyclic) bond motifs is 26. The Labute approximate surface area is 550 Å². The largest absolute Gasteiger partial charge is 0.456 e. The number of benzene rings is 16. The molecule has 0 saturated heterocycles. The topological polar surface area (TPSA) is 91.0 Å². The van der Waals surface area contributed by atoms with Crippen molar-refractivity contribution in [1.29, 1.82) is 0 Å². The maximum atomic E-state index is 6.28. The number of rotatable bonds is 4. The molecule has 8 heteroatoms. The van der Waals surface area contributed by atoms with E-state index < -0.39 is 0 Å². The predicted octanol–water partition coefficient (Wildman–Crippen LogP) is 24.9. The van der Waals surface area contributed by atoms with Gasteiger partial charge in [0.1, 0.15) is 33.5 Å². The Morgan fingerprint density at radius 2 is 0.542 bits per heavy atom. The van der Waals surface area contributed by atoms with Gasteiger partial charge in [-0.1, -0.05) is 188 Å². The summed E-state index contributed by atoms with van der Waals surface area (Å²) in [7, 11) is 0. The third-order valence-electron chi connectivity index (χ3n) is 19.7. The highest BCUT2D eigenvalue weighted by molar-refractivity contribution is 7.26. The van der Waals surface area contributed by atoms with Crippen molar-refractivity contribution < 1.29 is 13.3 Å². The quantitative estimate of drug-likeness (QED) is 0.162. The minimum Gasteiger partial charge on any atom is -0.456 e. The van der Waals surface area contributed by atoms with Crippen molar-refractivity contribution in [3.8, 4) is 45.0 Å². The molecule has 0 fully saturated rings. The van der Waals surface area contributed by atoms with Crippen LogP contribution in [0.15, 0.2) is 304 Å². The molecule has 7 nitrogen and oxygen atoms in total. The Balaban J connectivity index is 0.000000127. The lowest BCUT2D eigenvalue weighted by Gasteiger charge is -2.13. The van der Waals surface area contributed by atoms with E-state index in [1.54, 1.807) is 0 Å². The second-order valence-corrected chi connectivity index (χ2v) is 26.1. The first kappa shape index (κ1) is 52.9. The van der Waals surface area contributed by atoms with Crippen LogP contribution in [0.4, 0.5) is 0 Å². The average Bonchev–Trinajstić information content (AvgIpc) is 1.27. The average molecular weight is 1240 g/mol. The summed E-state index contributed by atoms with van der Waals surface area (Å²) in [6.45, 7) is 0.